The summed E-state index contributed by atoms with van der Waals surface area (Å²) in [7, 11) is 3.98. The van der Waals surface area contributed by atoms with Crippen molar-refractivity contribution in [2.45, 2.75) is 25.7 Å². The highest BCUT2D eigenvalue weighted by Gasteiger charge is 2.23. The number of carbonyl (C=O) groups is 1. The van der Waals surface area contributed by atoms with Gasteiger partial charge in [0.25, 0.3) is 0 Å². The van der Waals surface area contributed by atoms with Crippen LogP contribution in [0.3, 0.4) is 0 Å². The summed E-state index contributed by atoms with van der Waals surface area (Å²) in [6.45, 7) is 2.01. The van der Waals surface area contributed by atoms with Gasteiger partial charge in [-0.15, -0.1) is 0 Å². The van der Waals surface area contributed by atoms with Gasteiger partial charge in [0.1, 0.15) is 11.6 Å². The predicted molar refractivity (Wildman–Crippen MR) is 141 cm³/mol. The number of halogens is 4. The fourth-order valence-corrected chi connectivity index (χ4v) is 4.85. The number of nitrogen functional groups attached to an aromatic ring is 1. The summed E-state index contributed by atoms with van der Waals surface area (Å²) in [4.78, 5) is 20.7. The van der Waals surface area contributed by atoms with E-state index in [0.717, 1.165) is 24.1 Å². The molecule has 0 saturated heterocycles. The van der Waals surface area contributed by atoms with E-state index in [1.54, 1.807) is 12.5 Å². The number of pyridine rings is 1. The van der Waals surface area contributed by atoms with Crippen LogP contribution in [0.4, 0.5) is 14.6 Å². The van der Waals surface area contributed by atoms with E-state index >= 15 is 0 Å². The molecule has 0 bridgehead atoms. The zero-order valence-corrected chi connectivity index (χ0v) is 22.1. The highest BCUT2D eigenvalue weighted by atomic mass is 35.5. The number of hydrogen-bond donors (Lipinski definition) is 1. The molecule has 1 amide bonds. The normalized spacial score (nSPS) is 13.9. The van der Waals surface area contributed by atoms with Crippen LogP contribution in [0.2, 0.25) is 10.0 Å². The molecule has 0 atom stereocenters. The number of anilines is 1. The molecule has 1 aliphatic heterocycles. The molecule has 1 aliphatic rings. The molecule has 3 aromatic rings. The van der Waals surface area contributed by atoms with Gasteiger partial charge in [-0.2, -0.15) is 0 Å². The van der Waals surface area contributed by atoms with Crippen molar-refractivity contribution in [3.63, 3.8) is 0 Å². The number of benzene rings is 1. The second-order valence-corrected chi connectivity index (χ2v) is 9.89. The number of amides is 1. The van der Waals surface area contributed by atoms with Crippen LogP contribution in [-0.2, 0) is 11.2 Å². The largest absolute Gasteiger partial charge is 0.486 e. The van der Waals surface area contributed by atoms with Crippen molar-refractivity contribution in [1.82, 2.24) is 14.8 Å². The van der Waals surface area contributed by atoms with Crippen molar-refractivity contribution in [2.75, 3.05) is 46.1 Å². The molecule has 0 unspecified atom stereocenters. The van der Waals surface area contributed by atoms with Gasteiger partial charge in [0.2, 0.25) is 11.7 Å². The molecule has 11 heteroatoms. The van der Waals surface area contributed by atoms with Gasteiger partial charge >= 0.3 is 0 Å². The molecule has 2 N–H and O–H groups in total. The summed E-state index contributed by atoms with van der Waals surface area (Å²) >= 11 is 11.9. The maximum absolute atomic E-state index is 13.8. The predicted octanol–water partition coefficient (Wildman–Crippen LogP) is 5.57. The molecule has 0 spiro atoms. The van der Waals surface area contributed by atoms with Crippen LogP contribution in [0.1, 0.15) is 30.4 Å². The molecule has 0 aliphatic carbocycles. The maximum Gasteiger partial charge on any atom is 0.222 e. The molecule has 4 rings (SSSR count). The van der Waals surface area contributed by atoms with E-state index in [9.17, 15) is 13.6 Å². The average molecular weight is 553 g/mol. The Morgan fingerprint density at radius 3 is 2.65 bits per heavy atom. The van der Waals surface area contributed by atoms with Crippen molar-refractivity contribution in [2.24, 2.45) is 0 Å². The van der Waals surface area contributed by atoms with Gasteiger partial charge < -0.3 is 24.7 Å². The first kappa shape index (κ1) is 27.2. The van der Waals surface area contributed by atoms with E-state index in [2.05, 4.69) is 9.88 Å². The molecule has 2 aromatic heterocycles. The Bertz CT molecular complexity index is 1320. The number of nitrogens with two attached hydrogens (primary N) is 1. The Morgan fingerprint density at radius 2 is 2.00 bits per heavy atom. The number of aromatic nitrogens is 1. The summed E-state index contributed by atoms with van der Waals surface area (Å²) < 4.78 is 39.3. The van der Waals surface area contributed by atoms with Gasteiger partial charge in [-0.3, -0.25) is 4.79 Å². The van der Waals surface area contributed by atoms with Crippen molar-refractivity contribution < 1.29 is 22.7 Å². The monoisotopic (exact) mass is 552 g/mol. The lowest BCUT2D eigenvalue weighted by Gasteiger charge is -2.26. The third-order valence-electron chi connectivity index (χ3n) is 6.31. The lowest BCUT2D eigenvalue weighted by Crippen LogP contribution is -2.34. The lowest BCUT2D eigenvalue weighted by molar-refractivity contribution is -0.130. The molecule has 0 saturated carbocycles. The van der Waals surface area contributed by atoms with Crippen LogP contribution >= 0.6 is 23.2 Å². The molecular weight excluding hydrogens is 525 g/mol. The smallest absolute Gasteiger partial charge is 0.222 e. The minimum absolute atomic E-state index is 0.0169. The Labute approximate surface area is 223 Å². The highest BCUT2D eigenvalue weighted by Crippen LogP contribution is 2.38. The first-order valence-electron chi connectivity index (χ1n) is 11.9. The Balaban J connectivity index is 1.47. The number of nitrogens with zero attached hydrogens (tertiary/aromatic N) is 3. The van der Waals surface area contributed by atoms with Gasteiger partial charge in [0.15, 0.2) is 11.4 Å². The number of rotatable bonds is 9. The summed E-state index contributed by atoms with van der Waals surface area (Å²) in [6.07, 6.45) is 7.33. The van der Waals surface area contributed by atoms with Crippen molar-refractivity contribution in [3.05, 3.63) is 57.4 Å². The van der Waals surface area contributed by atoms with Crippen LogP contribution in [0.25, 0.3) is 16.5 Å². The van der Waals surface area contributed by atoms with Crippen molar-refractivity contribution in [1.29, 1.82) is 0 Å². The lowest BCUT2D eigenvalue weighted by atomic mass is 9.99. The van der Waals surface area contributed by atoms with Crippen LogP contribution in [0.15, 0.2) is 29.0 Å². The first-order chi connectivity index (χ1) is 17.7. The van der Waals surface area contributed by atoms with E-state index in [1.165, 1.54) is 0 Å². The van der Waals surface area contributed by atoms with Crippen LogP contribution in [0.5, 0.6) is 5.75 Å². The first-order valence-corrected chi connectivity index (χ1v) is 12.6. The summed E-state index contributed by atoms with van der Waals surface area (Å²) in [6, 6.07) is 0.641. The number of furan rings is 1. The molecule has 0 radical (unpaired) electrons. The molecule has 7 nitrogen and oxygen atoms in total. The molecule has 0 fully saturated rings. The zero-order chi connectivity index (χ0) is 26.7. The SMILES string of the molecule is CN(C)CCCC(=O)N1CC=C(c2coc3c(OCCc4c(Cl)c(F)cc(F)c4Cl)c(N)ncc23)CC1. The summed E-state index contributed by atoms with van der Waals surface area (Å²) in [5.41, 5.74) is 8.45. The molecule has 198 valence electrons. The third-order valence-corrected chi connectivity index (χ3v) is 7.12. The summed E-state index contributed by atoms with van der Waals surface area (Å²) in [5, 5.41) is 0.206. The number of hydrogen-bond acceptors (Lipinski definition) is 6. The third kappa shape index (κ3) is 6.00. The standard InChI is InChI=1S/C26H28Cl2F2N4O3/c1-33(2)8-3-4-21(35)34-9-5-15(6-10-34)18-14-37-24-17(18)13-32-26(31)25(24)36-11-7-16-22(27)19(29)12-20(30)23(16)28/h5,12-14H,3-4,6-11H2,1-2H3,(H2,31,32). The fraction of sp³-hybridized carbons (Fsp3) is 0.385. The van der Waals surface area contributed by atoms with E-state index in [0.29, 0.717) is 43.0 Å². The number of ether oxygens (including phenoxy) is 1. The Morgan fingerprint density at radius 1 is 1.27 bits per heavy atom. The van der Waals surface area contributed by atoms with Gasteiger partial charge in [-0.1, -0.05) is 29.3 Å². The molecular formula is C26H28Cl2F2N4O3. The Kier molecular flexibility index (Phi) is 8.56. The van der Waals surface area contributed by atoms with Gasteiger partial charge in [-0.25, -0.2) is 13.8 Å². The van der Waals surface area contributed by atoms with Crippen LogP contribution < -0.4 is 10.5 Å². The Hall–Kier alpha value is -2.88. The van der Waals surface area contributed by atoms with E-state index in [1.807, 2.05) is 25.1 Å². The minimum Gasteiger partial charge on any atom is -0.486 e. The minimum atomic E-state index is -0.896. The quantitative estimate of drug-likeness (QED) is 0.349. The summed E-state index contributed by atoms with van der Waals surface area (Å²) in [5.74, 6) is -1.30. The highest BCUT2D eigenvalue weighted by molar-refractivity contribution is 6.36. The zero-order valence-electron chi connectivity index (χ0n) is 20.6. The van der Waals surface area contributed by atoms with Gasteiger partial charge in [0.05, 0.1) is 28.3 Å². The van der Waals surface area contributed by atoms with Crippen LogP contribution in [-0.4, -0.2) is 61.0 Å². The van der Waals surface area contributed by atoms with Gasteiger partial charge in [0, 0.05) is 43.8 Å². The van der Waals surface area contributed by atoms with E-state index in [4.69, 9.17) is 38.1 Å². The van der Waals surface area contributed by atoms with Crippen LogP contribution in [0, 0.1) is 11.6 Å². The van der Waals surface area contributed by atoms with Gasteiger partial charge in [-0.05, 0) is 44.6 Å². The fourth-order valence-electron chi connectivity index (χ4n) is 4.31. The van der Waals surface area contributed by atoms with Crippen molar-refractivity contribution >= 4 is 51.5 Å². The maximum atomic E-state index is 13.8. The molecule has 1 aromatic carbocycles. The second kappa shape index (κ2) is 11.7. The topological polar surface area (TPSA) is 84.8 Å². The average Bonchev–Trinajstić information content (AvgIpc) is 3.30. The second-order valence-electron chi connectivity index (χ2n) is 9.14. The van der Waals surface area contributed by atoms with Crippen molar-refractivity contribution in [3.8, 4) is 5.75 Å². The molecule has 37 heavy (non-hydrogen) atoms. The van der Waals surface area contributed by atoms with E-state index < -0.39 is 11.6 Å². The van der Waals surface area contributed by atoms with E-state index in [-0.39, 0.29) is 46.1 Å². The molecule has 3 heterocycles. The number of fused-ring (bicyclic) bond motifs is 1. The number of carbonyl (C=O) groups excluding carboxylic acids is 1.